The van der Waals surface area contributed by atoms with Gasteiger partial charge >= 0.3 is 6.09 Å². The molecule has 0 saturated carbocycles. The summed E-state index contributed by atoms with van der Waals surface area (Å²) in [5, 5.41) is 5.59. The van der Waals surface area contributed by atoms with Crippen molar-refractivity contribution in [3.05, 3.63) is 0 Å². The first-order valence-corrected chi connectivity index (χ1v) is 5.98. The SMILES string of the molecule is CC#CC(=O)CNCCCNC(=O)OC(C)(C)C. The van der Waals surface area contributed by atoms with Crippen LogP contribution in [-0.4, -0.2) is 37.1 Å². The van der Waals surface area contributed by atoms with Gasteiger partial charge in [0.1, 0.15) is 5.60 Å². The lowest BCUT2D eigenvalue weighted by atomic mass is 10.2. The number of hydrogen-bond donors (Lipinski definition) is 2. The van der Waals surface area contributed by atoms with Crippen LogP contribution in [0.3, 0.4) is 0 Å². The highest BCUT2D eigenvalue weighted by Crippen LogP contribution is 2.06. The number of ketones is 1. The van der Waals surface area contributed by atoms with Gasteiger partial charge in [-0.15, -0.1) is 0 Å². The standard InChI is InChI=1S/C13H22N2O3/c1-5-7-11(16)10-14-8-6-9-15-12(17)18-13(2,3)4/h14H,6,8-10H2,1-4H3,(H,15,17). The van der Waals surface area contributed by atoms with Crippen molar-refractivity contribution in [1.82, 2.24) is 10.6 Å². The summed E-state index contributed by atoms with van der Waals surface area (Å²) in [6.45, 7) is 8.47. The molecular weight excluding hydrogens is 232 g/mol. The second-order valence-electron chi connectivity index (χ2n) is 4.76. The van der Waals surface area contributed by atoms with Crippen molar-refractivity contribution in [3.63, 3.8) is 0 Å². The zero-order chi connectivity index (χ0) is 14.0. The summed E-state index contributed by atoms with van der Waals surface area (Å²) in [6, 6.07) is 0. The number of carbonyl (C=O) groups excluding carboxylic acids is 2. The molecule has 2 N–H and O–H groups in total. The Labute approximate surface area is 109 Å². The monoisotopic (exact) mass is 254 g/mol. The molecule has 0 rings (SSSR count). The van der Waals surface area contributed by atoms with Crippen LogP contribution in [0.2, 0.25) is 0 Å². The second-order valence-corrected chi connectivity index (χ2v) is 4.76. The maximum atomic E-state index is 11.3. The van der Waals surface area contributed by atoms with Gasteiger partial charge in [-0.2, -0.15) is 0 Å². The Bertz CT molecular complexity index is 334. The first kappa shape index (κ1) is 16.5. The third-order valence-corrected chi connectivity index (χ3v) is 1.75. The Morgan fingerprint density at radius 2 is 1.89 bits per heavy atom. The van der Waals surface area contributed by atoms with Crippen molar-refractivity contribution < 1.29 is 14.3 Å². The van der Waals surface area contributed by atoms with Crippen molar-refractivity contribution >= 4 is 11.9 Å². The summed E-state index contributed by atoms with van der Waals surface area (Å²) in [6.07, 6.45) is 0.307. The molecule has 0 aromatic rings. The molecule has 0 heterocycles. The van der Waals surface area contributed by atoms with Gasteiger partial charge in [0, 0.05) is 6.54 Å². The Morgan fingerprint density at radius 3 is 2.44 bits per heavy atom. The van der Waals surface area contributed by atoms with E-state index in [1.165, 1.54) is 0 Å². The molecule has 0 atom stereocenters. The van der Waals surface area contributed by atoms with Gasteiger partial charge in [-0.25, -0.2) is 4.79 Å². The molecule has 0 aliphatic heterocycles. The lowest BCUT2D eigenvalue weighted by Gasteiger charge is -2.19. The van der Waals surface area contributed by atoms with Gasteiger partial charge in [0.2, 0.25) is 5.78 Å². The molecule has 0 radical (unpaired) electrons. The summed E-state index contributed by atoms with van der Waals surface area (Å²) in [4.78, 5) is 22.3. The molecule has 0 spiro atoms. The molecule has 102 valence electrons. The van der Waals surface area contributed by atoms with Crippen molar-refractivity contribution in [2.45, 2.75) is 39.7 Å². The minimum absolute atomic E-state index is 0.127. The molecule has 0 bridgehead atoms. The summed E-state index contributed by atoms with van der Waals surface area (Å²) in [5.74, 6) is 4.86. The quantitative estimate of drug-likeness (QED) is 0.423. The number of ether oxygens (including phenoxy) is 1. The van der Waals surface area contributed by atoms with E-state index >= 15 is 0 Å². The number of nitrogens with one attached hydrogen (secondary N) is 2. The summed E-state index contributed by atoms with van der Waals surface area (Å²) in [7, 11) is 0. The van der Waals surface area contributed by atoms with Gasteiger partial charge in [-0.05, 0) is 46.6 Å². The molecule has 0 aromatic carbocycles. The lowest BCUT2D eigenvalue weighted by Crippen LogP contribution is -2.34. The summed E-state index contributed by atoms with van der Waals surface area (Å²) < 4.78 is 5.07. The van der Waals surface area contributed by atoms with E-state index in [9.17, 15) is 9.59 Å². The molecule has 18 heavy (non-hydrogen) atoms. The maximum absolute atomic E-state index is 11.3. The highest BCUT2D eigenvalue weighted by molar-refractivity contribution is 5.96. The minimum Gasteiger partial charge on any atom is -0.444 e. The molecular formula is C13H22N2O3. The number of amides is 1. The molecule has 5 nitrogen and oxygen atoms in total. The van der Waals surface area contributed by atoms with Crippen LogP contribution in [0, 0.1) is 11.8 Å². The third kappa shape index (κ3) is 11.0. The smallest absolute Gasteiger partial charge is 0.407 e. The fourth-order valence-electron chi connectivity index (χ4n) is 1.10. The van der Waals surface area contributed by atoms with Gasteiger partial charge in [0.05, 0.1) is 6.54 Å². The normalized spacial score (nSPS) is 10.2. The first-order chi connectivity index (χ1) is 8.35. The average Bonchev–Trinajstić information content (AvgIpc) is 2.21. The van der Waals surface area contributed by atoms with Crippen molar-refractivity contribution in [1.29, 1.82) is 0 Å². The van der Waals surface area contributed by atoms with E-state index in [-0.39, 0.29) is 12.3 Å². The van der Waals surface area contributed by atoms with Gasteiger partial charge in [-0.3, -0.25) is 4.79 Å². The Morgan fingerprint density at radius 1 is 1.22 bits per heavy atom. The number of rotatable bonds is 6. The second kappa shape index (κ2) is 8.54. The Balaban J connectivity index is 3.48. The molecule has 0 aliphatic rings. The third-order valence-electron chi connectivity index (χ3n) is 1.75. The molecule has 0 saturated heterocycles. The predicted octanol–water partition coefficient (Wildman–Crippen LogP) is 1.08. The van der Waals surface area contributed by atoms with E-state index in [1.54, 1.807) is 6.92 Å². The van der Waals surface area contributed by atoms with Gasteiger partial charge in [0.15, 0.2) is 0 Å². The topological polar surface area (TPSA) is 67.4 Å². The Kier molecular flexibility index (Phi) is 7.81. The fraction of sp³-hybridized carbons (Fsp3) is 0.692. The van der Waals surface area contributed by atoms with E-state index in [1.807, 2.05) is 20.8 Å². The molecule has 0 aliphatic carbocycles. The van der Waals surface area contributed by atoms with E-state index in [0.29, 0.717) is 13.1 Å². The van der Waals surface area contributed by atoms with E-state index in [0.717, 1.165) is 6.42 Å². The van der Waals surface area contributed by atoms with Crippen LogP contribution < -0.4 is 10.6 Å². The highest BCUT2D eigenvalue weighted by atomic mass is 16.6. The predicted molar refractivity (Wildman–Crippen MR) is 70.2 cm³/mol. The number of carbonyl (C=O) groups is 2. The van der Waals surface area contributed by atoms with E-state index < -0.39 is 11.7 Å². The molecule has 5 heteroatoms. The lowest BCUT2D eigenvalue weighted by molar-refractivity contribution is -0.113. The van der Waals surface area contributed by atoms with Crippen LogP contribution >= 0.6 is 0 Å². The Hall–Kier alpha value is -1.54. The van der Waals surface area contributed by atoms with Crippen LogP contribution in [0.5, 0.6) is 0 Å². The van der Waals surface area contributed by atoms with E-state index in [2.05, 4.69) is 22.5 Å². The zero-order valence-corrected chi connectivity index (χ0v) is 11.6. The number of Topliss-reactive ketones (excluding diaryl/α,β-unsaturated/α-hetero) is 1. The van der Waals surface area contributed by atoms with Crippen LogP contribution in [0.15, 0.2) is 0 Å². The van der Waals surface area contributed by atoms with Crippen molar-refractivity contribution in [2.75, 3.05) is 19.6 Å². The van der Waals surface area contributed by atoms with Crippen LogP contribution in [-0.2, 0) is 9.53 Å². The maximum Gasteiger partial charge on any atom is 0.407 e. The summed E-state index contributed by atoms with van der Waals surface area (Å²) >= 11 is 0. The molecule has 0 aromatic heterocycles. The van der Waals surface area contributed by atoms with Crippen LogP contribution in [0.25, 0.3) is 0 Å². The van der Waals surface area contributed by atoms with Gasteiger partial charge < -0.3 is 15.4 Å². The van der Waals surface area contributed by atoms with Gasteiger partial charge in [-0.1, -0.05) is 5.92 Å². The molecule has 0 unspecified atom stereocenters. The summed E-state index contributed by atoms with van der Waals surface area (Å²) in [5.41, 5.74) is -0.479. The van der Waals surface area contributed by atoms with Crippen molar-refractivity contribution in [3.8, 4) is 11.8 Å². The average molecular weight is 254 g/mol. The number of alkyl carbamates (subject to hydrolysis) is 1. The van der Waals surface area contributed by atoms with E-state index in [4.69, 9.17) is 4.74 Å². The van der Waals surface area contributed by atoms with Crippen molar-refractivity contribution in [2.24, 2.45) is 0 Å². The van der Waals surface area contributed by atoms with Crippen LogP contribution in [0.1, 0.15) is 34.1 Å². The molecule has 1 amide bonds. The largest absolute Gasteiger partial charge is 0.444 e. The number of hydrogen-bond acceptors (Lipinski definition) is 4. The fourth-order valence-corrected chi connectivity index (χ4v) is 1.10. The highest BCUT2D eigenvalue weighted by Gasteiger charge is 2.15. The molecule has 0 fully saturated rings. The zero-order valence-electron chi connectivity index (χ0n) is 11.6. The first-order valence-electron chi connectivity index (χ1n) is 5.98. The van der Waals surface area contributed by atoms with Crippen LogP contribution in [0.4, 0.5) is 4.79 Å². The van der Waals surface area contributed by atoms with Gasteiger partial charge in [0.25, 0.3) is 0 Å². The minimum atomic E-state index is -0.479.